The van der Waals surface area contributed by atoms with E-state index >= 15 is 0 Å². The highest BCUT2D eigenvalue weighted by Gasteiger charge is 1.93. The first kappa shape index (κ1) is 9.51. The Morgan fingerprint density at radius 3 is 2.92 bits per heavy atom. The van der Waals surface area contributed by atoms with E-state index in [1.807, 2.05) is 25.2 Å². The summed E-state index contributed by atoms with van der Waals surface area (Å²) in [6.07, 6.45) is 6.80. The van der Waals surface area contributed by atoms with E-state index in [2.05, 4.69) is 16.9 Å². The van der Waals surface area contributed by atoms with Crippen LogP contribution in [0, 0.1) is 0 Å². The number of hydrogen-bond donors (Lipinski definition) is 0. The van der Waals surface area contributed by atoms with Crippen LogP contribution in [0.2, 0.25) is 0 Å². The van der Waals surface area contributed by atoms with Gasteiger partial charge >= 0.3 is 0 Å². The van der Waals surface area contributed by atoms with Gasteiger partial charge in [0.05, 0.1) is 0 Å². The van der Waals surface area contributed by atoms with Crippen LogP contribution in [-0.4, -0.2) is 22.3 Å². The maximum absolute atomic E-state index is 4.87. The minimum Gasteiger partial charge on any atom is -0.398 e. The Morgan fingerprint density at radius 2 is 2.38 bits per heavy atom. The van der Waals surface area contributed by atoms with Crippen LogP contribution in [-0.2, 0) is 0 Å². The summed E-state index contributed by atoms with van der Waals surface area (Å²) >= 11 is 0. The van der Waals surface area contributed by atoms with Gasteiger partial charge in [0, 0.05) is 0 Å². The highest BCUT2D eigenvalue weighted by molar-refractivity contribution is 5.21. The third kappa shape index (κ3) is 2.18. The van der Waals surface area contributed by atoms with E-state index in [1.54, 1.807) is 0 Å². The van der Waals surface area contributed by atoms with Crippen molar-refractivity contribution in [3.63, 3.8) is 0 Å². The minimum absolute atomic E-state index is 0.673. The molecule has 0 atom stereocenters. The summed E-state index contributed by atoms with van der Waals surface area (Å²) in [7, 11) is 1.53. The fourth-order valence-electron chi connectivity index (χ4n) is 0.920. The molecular formula is C9H13N3O. The van der Waals surface area contributed by atoms with Gasteiger partial charge in [-0.25, -0.2) is 0 Å². The van der Waals surface area contributed by atoms with E-state index < -0.39 is 0 Å². The van der Waals surface area contributed by atoms with Crippen molar-refractivity contribution >= 4 is 12.7 Å². The lowest BCUT2D eigenvalue weighted by Gasteiger charge is -1.92. The SMILES string of the molecule is C=c1c(=CCC=CC)nnn1OC. The largest absolute Gasteiger partial charge is 0.398 e. The van der Waals surface area contributed by atoms with Crippen LogP contribution in [0.4, 0.5) is 0 Å². The predicted molar refractivity (Wildman–Crippen MR) is 51.2 cm³/mol. The second-order valence-corrected chi connectivity index (χ2v) is 2.49. The Morgan fingerprint density at radius 1 is 1.62 bits per heavy atom. The zero-order chi connectivity index (χ0) is 9.68. The molecule has 0 aliphatic heterocycles. The molecule has 1 aromatic rings. The van der Waals surface area contributed by atoms with Crippen LogP contribution in [0.25, 0.3) is 12.7 Å². The van der Waals surface area contributed by atoms with E-state index in [9.17, 15) is 0 Å². The first-order valence-electron chi connectivity index (χ1n) is 4.06. The molecule has 4 nitrogen and oxygen atoms in total. The highest BCUT2D eigenvalue weighted by Crippen LogP contribution is 1.81. The second kappa shape index (κ2) is 4.45. The van der Waals surface area contributed by atoms with E-state index in [1.165, 1.54) is 12.0 Å². The molecule has 0 fully saturated rings. The summed E-state index contributed by atoms with van der Waals surface area (Å²) in [5.74, 6) is 0. The highest BCUT2D eigenvalue weighted by atomic mass is 16.7. The predicted octanol–water partition coefficient (Wildman–Crippen LogP) is -0.507. The minimum atomic E-state index is 0.673. The van der Waals surface area contributed by atoms with Crippen LogP contribution < -0.4 is 15.5 Å². The molecule has 0 unspecified atom stereocenters. The van der Waals surface area contributed by atoms with E-state index in [0.29, 0.717) is 5.35 Å². The van der Waals surface area contributed by atoms with Crippen molar-refractivity contribution in [2.45, 2.75) is 13.3 Å². The van der Waals surface area contributed by atoms with Crippen molar-refractivity contribution < 1.29 is 4.84 Å². The van der Waals surface area contributed by atoms with Crippen molar-refractivity contribution in [2.24, 2.45) is 0 Å². The first-order valence-corrected chi connectivity index (χ1v) is 4.06. The van der Waals surface area contributed by atoms with Crippen LogP contribution in [0.15, 0.2) is 12.2 Å². The summed E-state index contributed by atoms with van der Waals surface area (Å²) < 4.78 is 0. The van der Waals surface area contributed by atoms with Crippen LogP contribution >= 0.6 is 0 Å². The number of allylic oxidation sites excluding steroid dienone is 2. The normalized spacial score (nSPS) is 12.6. The monoisotopic (exact) mass is 179 g/mol. The molecule has 13 heavy (non-hydrogen) atoms. The molecule has 1 heterocycles. The average molecular weight is 179 g/mol. The lowest BCUT2D eigenvalue weighted by molar-refractivity contribution is 0.122. The maximum atomic E-state index is 4.87. The first-order chi connectivity index (χ1) is 6.29. The lowest BCUT2D eigenvalue weighted by Crippen LogP contribution is -2.31. The van der Waals surface area contributed by atoms with E-state index in [-0.39, 0.29) is 0 Å². The van der Waals surface area contributed by atoms with Gasteiger partial charge in [-0.05, 0) is 18.6 Å². The van der Waals surface area contributed by atoms with Gasteiger partial charge in [0.2, 0.25) is 0 Å². The fraction of sp³-hybridized carbons (Fsp3) is 0.333. The van der Waals surface area contributed by atoms with Crippen molar-refractivity contribution in [2.75, 3.05) is 7.11 Å². The molecule has 0 bridgehead atoms. The molecule has 0 spiro atoms. The molecule has 0 amide bonds. The zero-order valence-electron chi connectivity index (χ0n) is 7.90. The van der Waals surface area contributed by atoms with Gasteiger partial charge < -0.3 is 4.84 Å². The van der Waals surface area contributed by atoms with Crippen molar-refractivity contribution in [1.82, 2.24) is 15.2 Å². The number of rotatable bonds is 3. The smallest absolute Gasteiger partial charge is 0.123 e. The molecule has 0 radical (unpaired) electrons. The Labute approximate surface area is 76.8 Å². The van der Waals surface area contributed by atoms with Gasteiger partial charge in [-0.3, -0.25) is 0 Å². The van der Waals surface area contributed by atoms with E-state index in [0.717, 1.165) is 11.8 Å². The Balaban J connectivity index is 2.95. The molecule has 1 rings (SSSR count). The molecule has 0 aromatic carbocycles. The van der Waals surface area contributed by atoms with Crippen LogP contribution in [0.1, 0.15) is 13.3 Å². The molecule has 70 valence electrons. The molecule has 0 aliphatic rings. The molecule has 0 saturated heterocycles. The van der Waals surface area contributed by atoms with Crippen molar-refractivity contribution in [3.8, 4) is 0 Å². The summed E-state index contributed by atoms with van der Waals surface area (Å²) in [5.41, 5.74) is 0. The summed E-state index contributed by atoms with van der Waals surface area (Å²) in [6.45, 7) is 5.76. The standard InChI is InChI=1S/C9H13N3O/c1-4-5-6-7-9-8(2)12(13-3)11-10-9/h4-5,7H,2,6H2,1,3H3. The second-order valence-electron chi connectivity index (χ2n) is 2.49. The Hall–Kier alpha value is -1.58. The summed E-state index contributed by atoms with van der Waals surface area (Å²) in [5, 5.41) is 9.07. The Bertz CT molecular complexity index is 391. The quantitative estimate of drug-likeness (QED) is 0.587. The maximum Gasteiger partial charge on any atom is 0.123 e. The molecule has 0 saturated carbocycles. The fourth-order valence-corrected chi connectivity index (χ4v) is 0.920. The van der Waals surface area contributed by atoms with Crippen LogP contribution in [0.5, 0.6) is 0 Å². The summed E-state index contributed by atoms with van der Waals surface area (Å²) in [4.78, 5) is 6.17. The molecule has 4 heteroatoms. The van der Waals surface area contributed by atoms with Gasteiger partial charge in [0.15, 0.2) is 0 Å². The number of hydrogen-bond acceptors (Lipinski definition) is 3. The lowest BCUT2D eigenvalue weighted by atomic mass is 10.3. The van der Waals surface area contributed by atoms with Gasteiger partial charge in [-0.1, -0.05) is 29.7 Å². The van der Waals surface area contributed by atoms with Gasteiger partial charge in [0.25, 0.3) is 0 Å². The number of nitrogens with zero attached hydrogens (tertiary/aromatic N) is 3. The van der Waals surface area contributed by atoms with E-state index in [4.69, 9.17) is 4.84 Å². The van der Waals surface area contributed by atoms with Gasteiger partial charge in [-0.15, -0.1) is 5.10 Å². The Kier molecular flexibility index (Phi) is 3.25. The molecule has 1 aromatic heterocycles. The van der Waals surface area contributed by atoms with Crippen molar-refractivity contribution in [1.29, 1.82) is 0 Å². The third-order valence-electron chi connectivity index (χ3n) is 1.62. The molecule has 0 N–H and O–H groups in total. The molecule has 0 aliphatic carbocycles. The summed E-state index contributed by atoms with van der Waals surface area (Å²) in [6, 6.07) is 0. The van der Waals surface area contributed by atoms with Gasteiger partial charge in [0.1, 0.15) is 17.8 Å². The topological polar surface area (TPSA) is 39.9 Å². The van der Waals surface area contributed by atoms with Crippen molar-refractivity contribution in [3.05, 3.63) is 22.9 Å². The third-order valence-corrected chi connectivity index (χ3v) is 1.62. The van der Waals surface area contributed by atoms with Gasteiger partial charge in [-0.2, -0.15) is 0 Å². The van der Waals surface area contributed by atoms with Crippen LogP contribution in [0.3, 0.4) is 0 Å². The number of aromatic nitrogens is 3. The molecular weight excluding hydrogens is 166 g/mol. The zero-order valence-corrected chi connectivity index (χ0v) is 7.90. The average Bonchev–Trinajstić information content (AvgIpc) is 2.48.